The molecular formula is C14H21N3O3S. The van der Waals surface area contributed by atoms with Crippen molar-refractivity contribution in [3.05, 3.63) is 23.5 Å². The Morgan fingerprint density at radius 2 is 2.24 bits per heavy atom. The van der Waals surface area contributed by atoms with Crippen LogP contribution in [0.3, 0.4) is 0 Å². The summed E-state index contributed by atoms with van der Waals surface area (Å²) < 4.78 is 23.1. The Balaban J connectivity index is 2.23. The molecule has 0 radical (unpaired) electrons. The fourth-order valence-corrected chi connectivity index (χ4v) is 4.28. The summed E-state index contributed by atoms with van der Waals surface area (Å²) in [4.78, 5) is 18.3. The van der Waals surface area contributed by atoms with Crippen LogP contribution in [0.4, 0.5) is 5.69 Å². The zero-order valence-corrected chi connectivity index (χ0v) is 13.4. The smallest absolute Gasteiger partial charge is 0.257 e. The SMILES string of the molecule is CCNc1cc(C)ncc1C(=O)N(C)C1CCS(=O)(=O)C1. The Bertz CT molecular complexity index is 643. The van der Waals surface area contributed by atoms with Crippen molar-refractivity contribution in [2.45, 2.75) is 26.3 Å². The molecular weight excluding hydrogens is 290 g/mol. The molecule has 0 spiro atoms. The van der Waals surface area contributed by atoms with Gasteiger partial charge < -0.3 is 10.2 Å². The highest BCUT2D eigenvalue weighted by molar-refractivity contribution is 7.91. The van der Waals surface area contributed by atoms with Gasteiger partial charge >= 0.3 is 0 Å². The van der Waals surface area contributed by atoms with E-state index in [0.717, 1.165) is 11.4 Å². The predicted octanol–water partition coefficient (Wildman–Crippen LogP) is 1.08. The largest absolute Gasteiger partial charge is 0.385 e. The maximum atomic E-state index is 12.6. The van der Waals surface area contributed by atoms with Gasteiger partial charge in [0.05, 0.1) is 22.8 Å². The van der Waals surface area contributed by atoms with Crippen LogP contribution in [-0.2, 0) is 9.84 Å². The summed E-state index contributed by atoms with van der Waals surface area (Å²) in [5, 5.41) is 3.15. The van der Waals surface area contributed by atoms with Crippen molar-refractivity contribution in [3.63, 3.8) is 0 Å². The molecule has 0 aliphatic carbocycles. The van der Waals surface area contributed by atoms with Crippen molar-refractivity contribution in [2.24, 2.45) is 0 Å². The quantitative estimate of drug-likeness (QED) is 0.900. The topological polar surface area (TPSA) is 79.4 Å². The lowest BCUT2D eigenvalue weighted by Crippen LogP contribution is -2.38. The van der Waals surface area contributed by atoms with Gasteiger partial charge in [0.1, 0.15) is 0 Å². The zero-order valence-electron chi connectivity index (χ0n) is 12.6. The fraction of sp³-hybridized carbons (Fsp3) is 0.571. The number of carbonyl (C=O) groups is 1. The zero-order chi connectivity index (χ0) is 15.6. The molecule has 2 rings (SSSR count). The molecule has 1 aromatic heterocycles. The van der Waals surface area contributed by atoms with Crippen molar-refractivity contribution in [3.8, 4) is 0 Å². The average molecular weight is 311 g/mol. The highest BCUT2D eigenvalue weighted by Gasteiger charge is 2.33. The van der Waals surface area contributed by atoms with Crippen LogP contribution in [0.5, 0.6) is 0 Å². The lowest BCUT2D eigenvalue weighted by Gasteiger charge is -2.24. The summed E-state index contributed by atoms with van der Waals surface area (Å²) in [6.45, 7) is 4.52. The van der Waals surface area contributed by atoms with E-state index < -0.39 is 9.84 Å². The molecule has 116 valence electrons. The normalized spacial score (nSPS) is 20.2. The molecule has 7 heteroatoms. The number of nitrogens with one attached hydrogen (secondary N) is 1. The van der Waals surface area contributed by atoms with E-state index in [9.17, 15) is 13.2 Å². The Morgan fingerprint density at radius 1 is 1.52 bits per heavy atom. The van der Waals surface area contributed by atoms with E-state index >= 15 is 0 Å². The molecule has 1 unspecified atom stereocenters. The van der Waals surface area contributed by atoms with Gasteiger partial charge in [0.15, 0.2) is 9.84 Å². The number of aromatic nitrogens is 1. The van der Waals surface area contributed by atoms with Crippen molar-refractivity contribution in [1.29, 1.82) is 0 Å². The van der Waals surface area contributed by atoms with Crippen LogP contribution in [-0.4, -0.2) is 55.3 Å². The van der Waals surface area contributed by atoms with E-state index in [4.69, 9.17) is 0 Å². The summed E-state index contributed by atoms with van der Waals surface area (Å²) in [6.07, 6.45) is 2.05. The second-order valence-electron chi connectivity index (χ2n) is 5.37. The van der Waals surface area contributed by atoms with Gasteiger partial charge in [0, 0.05) is 31.5 Å². The van der Waals surface area contributed by atoms with Crippen LogP contribution in [0, 0.1) is 6.92 Å². The third-order valence-corrected chi connectivity index (χ3v) is 5.47. The number of anilines is 1. The first-order valence-corrected chi connectivity index (χ1v) is 8.84. The lowest BCUT2D eigenvalue weighted by atomic mass is 10.1. The van der Waals surface area contributed by atoms with E-state index in [1.165, 1.54) is 4.90 Å². The molecule has 0 aromatic carbocycles. The van der Waals surface area contributed by atoms with Gasteiger partial charge in [-0.1, -0.05) is 0 Å². The van der Waals surface area contributed by atoms with Crippen molar-refractivity contribution >= 4 is 21.4 Å². The van der Waals surface area contributed by atoms with Gasteiger partial charge in [0.25, 0.3) is 5.91 Å². The molecule has 1 aliphatic heterocycles. The third-order valence-electron chi connectivity index (χ3n) is 3.71. The van der Waals surface area contributed by atoms with E-state index in [1.807, 2.05) is 19.9 Å². The highest BCUT2D eigenvalue weighted by Crippen LogP contribution is 2.22. The number of rotatable bonds is 4. The van der Waals surface area contributed by atoms with Crippen LogP contribution in [0.15, 0.2) is 12.3 Å². The fourth-order valence-electron chi connectivity index (χ4n) is 2.50. The van der Waals surface area contributed by atoms with Crippen molar-refractivity contribution in [1.82, 2.24) is 9.88 Å². The molecule has 0 saturated carbocycles. The summed E-state index contributed by atoms with van der Waals surface area (Å²) in [5.41, 5.74) is 2.05. The first-order chi connectivity index (χ1) is 9.84. The number of hydrogen-bond donors (Lipinski definition) is 1. The molecule has 0 bridgehead atoms. The van der Waals surface area contributed by atoms with E-state index in [1.54, 1.807) is 13.2 Å². The molecule has 1 saturated heterocycles. The van der Waals surface area contributed by atoms with Gasteiger partial charge in [-0.2, -0.15) is 0 Å². The van der Waals surface area contributed by atoms with Crippen LogP contribution >= 0.6 is 0 Å². The van der Waals surface area contributed by atoms with Crippen molar-refractivity contribution < 1.29 is 13.2 Å². The number of nitrogens with zero attached hydrogens (tertiary/aromatic N) is 2. The molecule has 1 fully saturated rings. The Labute approximate surface area is 125 Å². The first kappa shape index (κ1) is 15.8. The van der Waals surface area contributed by atoms with Crippen LogP contribution in [0.25, 0.3) is 0 Å². The number of sulfone groups is 1. The van der Waals surface area contributed by atoms with Crippen LogP contribution < -0.4 is 5.32 Å². The minimum Gasteiger partial charge on any atom is -0.385 e. The first-order valence-electron chi connectivity index (χ1n) is 7.02. The minimum absolute atomic E-state index is 0.0467. The summed E-state index contributed by atoms with van der Waals surface area (Å²) in [5.74, 6) is 0.00703. The average Bonchev–Trinajstić information content (AvgIpc) is 2.78. The third kappa shape index (κ3) is 3.53. The van der Waals surface area contributed by atoms with Gasteiger partial charge in [0.2, 0.25) is 0 Å². The number of pyridine rings is 1. The molecule has 1 aliphatic rings. The second-order valence-corrected chi connectivity index (χ2v) is 7.60. The molecule has 21 heavy (non-hydrogen) atoms. The monoisotopic (exact) mass is 311 g/mol. The maximum absolute atomic E-state index is 12.6. The van der Waals surface area contributed by atoms with Crippen LogP contribution in [0.1, 0.15) is 29.4 Å². The number of amides is 1. The van der Waals surface area contributed by atoms with Gasteiger partial charge in [-0.15, -0.1) is 0 Å². The van der Waals surface area contributed by atoms with Gasteiger partial charge in [-0.25, -0.2) is 8.42 Å². The molecule has 1 amide bonds. The van der Waals surface area contributed by atoms with Crippen LogP contribution in [0.2, 0.25) is 0 Å². The summed E-state index contributed by atoms with van der Waals surface area (Å²) in [6, 6.07) is 1.58. The predicted molar refractivity (Wildman–Crippen MR) is 82.3 cm³/mol. The van der Waals surface area contributed by atoms with Gasteiger partial charge in [-0.3, -0.25) is 9.78 Å². The van der Waals surface area contributed by atoms with E-state index in [2.05, 4.69) is 10.3 Å². The summed E-state index contributed by atoms with van der Waals surface area (Å²) >= 11 is 0. The minimum atomic E-state index is -3.01. The van der Waals surface area contributed by atoms with E-state index in [-0.39, 0.29) is 23.5 Å². The standard InChI is InChI=1S/C14H21N3O3S/c1-4-15-13-7-10(2)16-8-12(13)14(18)17(3)11-5-6-21(19,20)9-11/h7-8,11H,4-6,9H2,1-3H3,(H,15,16). The Kier molecular flexibility index (Phi) is 4.51. The number of hydrogen-bond acceptors (Lipinski definition) is 5. The second kappa shape index (κ2) is 6.01. The Hall–Kier alpha value is -1.63. The molecule has 2 heterocycles. The molecule has 1 aromatic rings. The highest BCUT2D eigenvalue weighted by atomic mass is 32.2. The van der Waals surface area contributed by atoms with E-state index in [0.29, 0.717) is 18.5 Å². The summed E-state index contributed by atoms with van der Waals surface area (Å²) in [7, 11) is -1.35. The van der Waals surface area contributed by atoms with Gasteiger partial charge in [-0.05, 0) is 26.3 Å². The lowest BCUT2D eigenvalue weighted by molar-refractivity contribution is 0.0748. The number of carbonyl (C=O) groups excluding carboxylic acids is 1. The van der Waals surface area contributed by atoms with Crippen molar-refractivity contribution in [2.75, 3.05) is 30.4 Å². The molecule has 1 N–H and O–H groups in total. The number of aryl methyl sites for hydroxylation is 1. The Morgan fingerprint density at radius 3 is 2.81 bits per heavy atom. The maximum Gasteiger partial charge on any atom is 0.257 e. The molecule has 6 nitrogen and oxygen atoms in total. The molecule has 1 atom stereocenters.